The van der Waals surface area contributed by atoms with Gasteiger partial charge in [0.25, 0.3) is 5.91 Å². The van der Waals surface area contributed by atoms with Crippen molar-refractivity contribution >= 4 is 27.5 Å². The monoisotopic (exact) mass is 324 g/mol. The van der Waals surface area contributed by atoms with Gasteiger partial charge in [0.2, 0.25) is 0 Å². The molecule has 1 aromatic rings. The van der Waals surface area contributed by atoms with Crippen LogP contribution < -0.4 is 5.73 Å². The maximum Gasteiger partial charge on any atom is 0.255 e. The van der Waals surface area contributed by atoms with Gasteiger partial charge >= 0.3 is 0 Å². The lowest BCUT2D eigenvalue weighted by atomic mass is 10.1. The quantitative estimate of drug-likeness (QED) is 0.663. The van der Waals surface area contributed by atoms with Crippen LogP contribution in [0.2, 0.25) is 0 Å². The van der Waals surface area contributed by atoms with Crippen LogP contribution in [0, 0.1) is 0 Å². The van der Waals surface area contributed by atoms with Gasteiger partial charge in [-0.15, -0.1) is 0 Å². The zero-order valence-electron chi connectivity index (χ0n) is 11.4. The lowest BCUT2D eigenvalue weighted by Crippen LogP contribution is -2.37. The van der Waals surface area contributed by atoms with Crippen molar-refractivity contribution in [3.63, 3.8) is 0 Å². The average molecular weight is 325 g/mol. The summed E-state index contributed by atoms with van der Waals surface area (Å²) in [7, 11) is 1.90. The van der Waals surface area contributed by atoms with Crippen molar-refractivity contribution in [2.75, 3.05) is 12.8 Å². The Balaban J connectivity index is 2.15. The topological polar surface area (TPSA) is 46.3 Å². The van der Waals surface area contributed by atoms with E-state index in [-0.39, 0.29) is 5.91 Å². The normalized spacial score (nSPS) is 16.9. The Morgan fingerprint density at radius 3 is 2.53 bits per heavy atom. The van der Waals surface area contributed by atoms with E-state index >= 15 is 0 Å². The van der Waals surface area contributed by atoms with E-state index in [1.165, 1.54) is 25.7 Å². The summed E-state index contributed by atoms with van der Waals surface area (Å²) in [6.07, 6.45) is 7.23. The molecule has 4 heteroatoms. The molecule has 1 amide bonds. The van der Waals surface area contributed by atoms with Crippen LogP contribution >= 0.6 is 15.9 Å². The molecule has 1 aliphatic carbocycles. The highest BCUT2D eigenvalue weighted by molar-refractivity contribution is 9.10. The Labute approximate surface area is 123 Å². The van der Waals surface area contributed by atoms with E-state index < -0.39 is 0 Å². The second kappa shape index (κ2) is 6.42. The zero-order valence-corrected chi connectivity index (χ0v) is 12.9. The number of amides is 1. The van der Waals surface area contributed by atoms with E-state index in [0.29, 0.717) is 17.3 Å². The number of benzene rings is 1. The number of hydrogen-bond donors (Lipinski definition) is 1. The summed E-state index contributed by atoms with van der Waals surface area (Å²) in [5, 5.41) is 0. The minimum atomic E-state index is 0.0331. The molecule has 0 saturated heterocycles. The number of nitrogens with two attached hydrogens (primary N) is 1. The van der Waals surface area contributed by atoms with Gasteiger partial charge in [-0.25, -0.2) is 0 Å². The summed E-state index contributed by atoms with van der Waals surface area (Å²) in [6.45, 7) is 0. The molecular formula is C15H21BrN2O. The van der Waals surface area contributed by atoms with Gasteiger partial charge in [0.15, 0.2) is 0 Å². The largest absolute Gasteiger partial charge is 0.398 e. The molecule has 0 heterocycles. The highest BCUT2D eigenvalue weighted by atomic mass is 79.9. The van der Waals surface area contributed by atoms with Crippen LogP contribution in [0.4, 0.5) is 5.69 Å². The first-order valence-electron chi connectivity index (χ1n) is 6.92. The van der Waals surface area contributed by atoms with Crippen LogP contribution in [-0.4, -0.2) is 23.9 Å². The molecule has 0 bridgehead atoms. The summed E-state index contributed by atoms with van der Waals surface area (Å²) >= 11 is 3.40. The van der Waals surface area contributed by atoms with Crippen LogP contribution in [0.5, 0.6) is 0 Å². The van der Waals surface area contributed by atoms with E-state index in [9.17, 15) is 4.79 Å². The molecule has 1 fully saturated rings. The molecule has 0 atom stereocenters. The summed E-state index contributed by atoms with van der Waals surface area (Å²) < 4.78 is 0.888. The highest BCUT2D eigenvalue weighted by Crippen LogP contribution is 2.25. The summed E-state index contributed by atoms with van der Waals surface area (Å²) in [6, 6.07) is 5.80. The molecule has 0 spiro atoms. The van der Waals surface area contributed by atoms with Gasteiger partial charge in [-0.3, -0.25) is 4.79 Å². The van der Waals surface area contributed by atoms with Gasteiger partial charge in [0.1, 0.15) is 0 Å². The number of carbonyl (C=O) groups excluding carboxylic acids is 1. The minimum Gasteiger partial charge on any atom is -0.398 e. The summed E-state index contributed by atoms with van der Waals surface area (Å²) in [4.78, 5) is 14.4. The fourth-order valence-corrected chi connectivity index (χ4v) is 3.08. The molecule has 0 aliphatic heterocycles. The molecule has 2 rings (SSSR count). The number of nitrogens with zero attached hydrogens (tertiary/aromatic N) is 1. The first-order chi connectivity index (χ1) is 9.09. The Morgan fingerprint density at radius 2 is 1.89 bits per heavy atom. The van der Waals surface area contributed by atoms with Crippen molar-refractivity contribution in [2.45, 2.75) is 44.6 Å². The van der Waals surface area contributed by atoms with Crippen molar-refractivity contribution in [3.8, 4) is 0 Å². The van der Waals surface area contributed by atoms with E-state index in [0.717, 1.165) is 17.3 Å². The molecule has 1 aromatic carbocycles. The molecule has 2 N–H and O–H groups in total. The fraction of sp³-hybridized carbons (Fsp3) is 0.533. The van der Waals surface area contributed by atoms with E-state index in [1.54, 1.807) is 6.07 Å². The Kier molecular flexibility index (Phi) is 4.86. The van der Waals surface area contributed by atoms with Crippen molar-refractivity contribution < 1.29 is 4.79 Å². The second-order valence-corrected chi connectivity index (χ2v) is 6.21. The van der Waals surface area contributed by atoms with Gasteiger partial charge in [-0.2, -0.15) is 0 Å². The molecule has 1 saturated carbocycles. The van der Waals surface area contributed by atoms with Crippen molar-refractivity contribution in [1.82, 2.24) is 4.90 Å². The molecule has 104 valence electrons. The van der Waals surface area contributed by atoms with Crippen LogP contribution in [-0.2, 0) is 0 Å². The number of halogens is 1. The van der Waals surface area contributed by atoms with Crippen LogP contribution in [0.1, 0.15) is 48.9 Å². The predicted molar refractivity (Wildman–Crippen MR) is 82.1 cm³/mol. The van der Waals surface area contributed by atoms with E-state index in [4.69, 9.17) is 5.73 Å². The lowest BCUT2D eigenvalue weighted by molar-refractivity contribution is 0.0718. The van der Waals surface area contributed by atoms with Crippen molar-refractivity contribution in [1.29, 1.82) is 0 Å². The van der Waals surface area contributed by atoms with Crippen molar-refractivity contribution in [2.24, 2.45) is 0 Å². The standard InChI is InChI=1S/C15H21BrN2O/c1-18(12-6-4-2-3-5-7-12)15(19)13-10-11(16)8-9-14(13)17/h8-10,12H,2-7,17H2,1H3. The molecule has 3 nitrogen and oxygen atoms in total. The zero-order chi connectivity index (χ0) is 13.8. The summed E-state index contributed by atoms with van der Waals surface area (Å²) in [5.74, 6) is 0.0331. The Hall–Kier alpha value is -1.03. The third-order valence-electron chi connectivity index (χ3n) is 3.94. The smallest absolute Gasteiger partial charge is 0.255 e. The van der Waals surface area contributed by atoms with Gasteiger partial charge in [-0.05, 0) is 31.0 Å². The maximum atomic E-state index is 12.6. The van der Waals surface area contributed by atoms with E-state index in [2.05, 4.69) is 15.9 Å². The molecule has 0 unspecified atom stereocenters. The van der Waals surface area contributed by atoms with Gasteiger partial charge < -0.3 is 10.6 Å². The number of carbonyl (C=O) groups is 1. The number of hydrogen-bond acceptors (Lipinski definition) is 2. The first-order valence-corrected chi connectivity index (χ1v) is 7.71. The fourth-order valence-electron chi connectivity index (χ4n) is 2.71. The third kappa shape index (κ3) is 3.50. The molecule has 19 heavy (non-hydrogen) atoms. The van der Waals surface area contributed by atoms with Gasteiger partial charge in [0.05, 0.1) is 5.56 Å². The third-order valence-corrected chi connectivity index (χ3v) is 4.43. The molecule has 1 aliphatic rings. The van der Waals surface area contributed by atoms with Crippen LogP contribution in [0.15, 0.2) is 22.7 Å². The minimum absolute atomic E-state index is 0.0331. The summed E-state index contributed by atoms with van der Waals surface area (Å²) in [5.41, 5.74) is 7.07. The predicted octanol–water partition coefficient (Wildman–Crippen LogP) is 3.83. The molecule has 0 aromatic heterocycles. The number of nitrogen functional groups attached to an aromatic ring is 1. The van der Waals surface area contributed by atoms with Crippen molar-refractivity contribution in [3.05, 3.63) is 28.2 Å². The molecule has 0 radical (unpaired) electrons. The van der Waals surface area contributed by atoms with Gasteiger partial charge in [0, 0.05) is 23.2 Å². The number of rotatable bonds is 2. The van der Waals surface area contributed by atoms with E-state index in [1.807, 2.05) is 24.1 Å². The lowest BCUT2D eigenvalue weighted by Gasteiger charge is -2.27. The molecular weight excluding hydrogens is 304 g/mol. The Morgan fingerprint density at radius 1 is 1.26 bits per heavy atom. The van der Waals surface area contributed by atoms with Gasteiger partial charge in [-0.1, -0.05) is 41.6 Å². The Bertz CT molecular complexity index is 453. The number of anilines is 1. The maximum absolute atomic E-state index is 12.6. The van der Waals surface area contributed by atoms with Crippen LogP contribution in [0.3, 0.4) is 0 Å². The second-order valence-electron chi connectivity index (χ2n) is 5.29. The SMILES string of the molecule is CN(C(=O)c1cc(Br)ccc1N)C1CCCCCC1. The first kappa shape index (κ1) is 14.4. The highest BCUT2D eigenvalue weighted by Gasteiger charge is 2.23. The van der Waals surface area contributed by atoms with Crippen LogP contribution in [0.25, 0.3) is 0 Å². The average Bonchev–Trinajstić information content (AvgIpc) is 2.69.